The molecule has 1 aromatic heterocycles. The van der Waals surface area contributed by atoms with Crippen molar-refractivity contribution in [3.05, 3.63) is 17.0 Å². The lowest BCUT2D eigenvalue weighted by Gasteiger charge is -2.37. The Bertz CT molecular complexity index is 526. The first kappa shape index (κ1) is 16.0. The van der Waals surface area contributed by atoms with Crippen molar-refractivity contribution in [2.24, 2.45) is 0 Å². The molecule has 1 saturated carbocycles. The number of nitriles is 1. The van der Waals surface area contributed by atoms with E-state index in [0.29, 0.717) is 6.04 Å². The molecule has 0 bridgehead atoms. The van der Waals surface area contributed by atoms with Gasteiger partial charge in [-0.15, -0.1) is 0 Å². The second-order valence-corrected chi connectivity index (χ2v) is 6.32. The second-order valence-electron chi connectivity index (χ2n) is 6.32. The summed E-state index contributed by atoms with van der Waals surface area (Å²) in [5, 5.41) is 17.9. The third-order valence-corrected chi connectivity index (χ3v) is 4.83. The van der Waals surface area contributed by atoms with E-state index in [-0.39, 0.29) is 5.54 Å². The van der Waals surface area contributed by atoms with E-state index in [4.69, 9.17) is 5.10 Å². The van der Waals surface area contributed by atoms with E-state index in [2.05, 4.69) is 43.8 Å². The smallest absolute Gasteiger partial charge is 0.108 e. The van der Waals surface area contributed by atoms with Crippen molar-refractivity contribution in [1.29, 1.82) is 5.26 Å². The Morgan fingerprint density at radius 2 is 2.19 bits per heavy atom. The number of nitrogens with zero attached hydrogens (tertiary/aromatic N) is 3. The topological polar surface area (TPSA) is 53.6 Å². The van der Waals surface area contributed by atoms with Gasteiger partial charge in [0.05, 0.1) is 17.8 Å². The summed E-state index contributed by atoms with van der Waals surface area (Å²) >= 11 is 0. The van der Waals surface area contributed by atoms with Gasteiger partial charge in [0.25, 0.3) is 0 Å². The van der Waals surface area contributed by atoms with E-state index in [1.54, 1.807) is 0 Å². The van der Waals surface area contributed by atoms with Crippen molar-refractivity contribution < 1.29 is 0 Å². The second kappa shape index (κ2) is 6.62. The molecule has 2 rings (SSSR count). The van der Waals surface area contributed by atoms with Crippen molar-refractivity contribution in [3.63, 3.8) is 0 Å². The first-order valence-electron chi connectivity index (χ1n) is 8.27. The average Bonchev–Trinajstić information content (AvgIpc) is 2.79. The molecule has 2 atom stereocenters. The molecule has 21 heavy (non-hydrogen) atoms. The zero-order valence-corrected chi connectivity index (χ0v) is 13.9. The van der Waals surface area contributed by atoms with Crippen LogP contribution in [-0.4, -0.2) is 21.9 Å². The van der Waals surface area contributed by atoms with Gasteiger partial charge in [-0.1, -0.05) is 13.8 Å². The number of aryl methyl sites for hydroxylation is 1. The lowest BCUT2D eigenvalue weighted by atomic mass is 9.79. The van der Waals surface area contributed by atoms with Crippen LogP contribution in [0.5, 0.6) is 0 Å². The number of rotatable bonds is 5. The first-order valence-corrected chi connectivity index (χ1v) is 8.27. The van der Waals surface area contributed by atoms with Gasteiger partial charge >= 0.3 is 0 Å². The third kappa shape index (κ3) is 3.13. The summed E-state index contributed by atoms with van der Waals surface area (Å²) in [5.41, 5.74) is 3.43. The lowest BCUT2D eigenvalue weighted by molar-refractivity contribution is 0.218. The standard InChI is InChI=1S/C17H28N4/c1-5-10-19-17(12-18)9-7-8-15(11-17)21-14(4)16(6-2)13(3)20-21/h15,19H,5-11H2,1-4H3. The number of hydrogen-bond donors (Lipinski definition) is 1. The van der Waals surface area contributed by atoms with Gasteiger partial charge in [-0.2, -0.15) is 10.4 Å². The largest absolute Gasteiger partial charge is 0.299 e. The number of nitrogens with one attached hydrogen (secondary N) is 1. The van der Waals surface area contributed by atoms with E-state index in [0.717, 1.165) is 50.8 Å². The van der Waals surface area contributed by atoms with Gasteiger partial charge in [0.1, 0.15) is 5.54 Å². The van der Waals surface area contributed by atoms with Crippen LogP contribution in [0.4, 0.5) is 0 Å². The summed E-state index contributed by atoms with van der Waals surface area (Å²) in [6, 6.07) is 2.90. The Morgan fingerprint density at radius 1 is 1.43 bits per heavy atom. The van der Waals surface area contributed by atoms with Crippen LogP contribution in [-0.2, 0) is 6.42 Å². The highest BCUT2D eigenvalue weighted by Gasteiger charge is 2.37. The molecule has 0 aliphatic heterocycles. The molecule has 2 unspecified atom stereocenters. The molecule has 1 N–H and O–H groups in total. The Morgan fingerprint density at radius 3 is 2.76 bits per heavy atom. The van der Waals surface area contributed by atoms with Crippen LogP contribution in [0.3, 0.4) is 0 Å². The summed E-state index contributed by atoms with van der Waals surface area (Å²) in [6.45, 7) is 9.51. The molecule has 0 amide bonds. The highest BCUT2D eigenvalue weighted by atomic mass is 15.3. The van der Waals surface area contributed by atoms with E-state index in [1.165, 1.54) is 11.3 Å². The van der Waals surface area contributed by atoms with Gasteiger partial charge in [-0.05, 0) is 58.1 Å². The molecule has 0 aromatic carbocycles. The maximum atomic E-state index is 9.67. The fourth-order valence-electron chi connectivity index (χ4n) is 3.68. The predicted octanol–water partition coefficient (Wildman–Crippen LogP) is 3.44. The molecule has 4 heteroatoms. The summed E-state index contributed by atoms with van der Waals surface area (Å²) in [4.78, 5) is 0. The van der Waals surface area contributed by atoms with Crippen molar-refractivity contribution in [2.75, 3.05) is 6.54 Å². The van der Waals surface area contributed by atoms with Gasteiger partial charge in [0, 0.05) is 12.1 Å². The van der Waals surface area contributed by atoms with Crippen LogP contribution in [0.2, 0.25) is 0 Å². The summed E-state index contributed by atoms with van der Waals surface area (Å²) < 4.78 is 2.19. The highest BCUT2D eigenvalue weighted by molar-refractivity contribution is 5.25. The fraction of sp³-hybridized carbons (Fsp3) is 0.765. The number of aromatic nitrogens is 2. The molecular formula is C17H28N4. The highest BCUT2D eigenvalue weighted by Crippen LogP contribution is 2.36. The molecule has 1 aromatic rings. The van der Waals surface area contributed by atoms with E-state index in [1.807, 2.05) is 0 Å². The Kier molecular flexibility index (Phi) is 5.05. The Balaban J connectivity index is 2.23. The quantitative estimate of drug-likeness (QED) is 0.903. The minimum atomic E-state index is -0.363. The number of hydrogen-bond acceptors (Lipinski definition) is 3. The van der Waals surface area contributed by atoms with E-state index >= 15 is 0 Å². The molecule has 0 radical (unpaired) electrons. The summed E-state index contributed by atoms with van der Waals surface area (Å²) in [6.07, 6.45) is 6.14. The van der Waals surface area contributed by atoms with Crippen LogP contribution < -0.4 is 5.32 Å². The van der Waals surface area contributed by atoms with Crippen molar-refractivity contribution >= 4 is 0 Å². The van der Waals surface area contributed by atoms with Gasteiger partial charge in [-0.25, -0.2) is 0 Å². The zero-order chi connectivity index (χ0) is 15.5. The lowest BCUT2D eigenvalue weighted by Crippen LogP contribution is -2.48. The average molecular weight is 288 g/mol. The minimum Gasteiger partial charge on any atom is -0.299 e. The van der Waals surface area contributed by atoms with E-state index in [9.17, 15) is 5.26 Å². The molecule has 1 heterocycles. The van der Waals surface area contributed by atoms with E-state index < -0.39 is 0 Å². The van der Waals surface area contributed by atoms with Gasteiger partial charge in [0.15, 0.2) is 0 Å². The third-order valence-electron chi connectivity index (χ3n) is 4.83. The molecule has 1 aliphatic carbocycles. The maximum Gasteiger partial charge on any atom is 0.108 e. The summed E-state index contributed by atoms with van der Waals surface area (Å²) in [5.74, 6) is 0. The summed E-state index contributed by atoms with van der Waals surface area (Å²) in [7, 11) is 0. The molecule has 0 spiro atoms. The van der Waals surface area contributed by atoms with Gasteiger partial charge in [-0.3, -0.25) is 10.00 Å². The Labute approximate surface area is 128 Å². The first-order chi connectivity index (χ1) is 10.1. The van der Waals surface area contributed by atoms with Crippen LogP contribution in [0.1, 0.15) is 68.9 Å². The normalized spacial score (nSPS) is 25.8. The van der Waals surface area contributed by atoms with Gasteiger partial charge in [0.2, 0.25) is 0 Å². The molecule has 1 fully saturated rings. The predicted molar refractivity (Wildman–Crippen MR) is 85.2 cm³/mol. The van der Waals surface area contributed by atoms with Gasteiger partial charge < -0.3 is 0 Å². The maximum absolute atomic E-state index is 9.67. The minimum absolute atomic E-state index is 0.349. The molecule has 116 valence electrons. The molecule has 4 nitrogen and oxygen atoms in total. The molecule has 0 saturated heterocycles. The van der Waals surface area contributed by atoms with Crippen LogP contribution in [0.15, 0.2) is 0 Å². The van der Waals surface area contributed by atoms with Crippen LogP contribution >= 0.6 is 0 Å². The fourth-order valence-corrected chi connectivity index (χ4v) is 3.68. The molecular weight excluding hydrogens is 260 g/mol. The van der Waals surface area contributed by atoms with Crippen LogP contribution in [0, 0.1) is 25.2 Å². The zero-order valence-electron chi connectivity index (χ0n) is 13.9. The molecule has 1 aliphatic rings. The SMILES string of the molecule is CCCNC1(C#N)CCCC(n2nc(C)c(CC)c2C)C1. The van der Waals surface area contributed by atoms with Crippen LogP contribution in [0.25, 0.3) is 0 Å². The monoisotopic (exact) mass is 288 g/mol. The Hall–Kier alpha value is -1.34. The van der Waals surface area contributed by atoms with Crippen molar-refractivity contribution in [3.8, 4) is 6.07 Å². The van der Waals surface area contributed by atoms with Crippen molar-refractivity contribution in [1.82, 2.24) is 15.1 Å². The van der Waals surface area contributed by atoms with Crippen molar-refractivity contribution in [2.45, 2.75) is 77.8 Å².